The van der Waals surface area contributed by atoms with Crippen molar-refractivity contribution in [1.82, 2.24) is 19.9 Å². The molecular formula is C16H18N4O3. The molecule has 1 spiro atoms. The first-order chi connectivity index (χ1) is 11.2. The molecule has 2 aromatic rings. The van der Waals surface area contributed by atoms with Gasteiger partial charge in [0.05, 0.1) is 18.8 Å². The van der Waals surface area contributed by atoms with E-state index in [1.165, 1.54) is 0 Å². The first-order valence-electron chi connectivity index (χ1n) is 7.74. The molecule has 2 atom stereocenters. The van der Waals surface area contributed by atoms with Gasteiger partial charge in [-0.3, -0.25) is 4.79 Å². The first-order valence-corrected chi connectivity index (χ1v) is 7.74. The number of amides is 1. The molecule has 0 radical (unpaired) electrons. The van der Waals surface area contributed by atoms with Gasteiger partial charge in [0.25, 0.3) is 5.91 Å². The van der Waals surface area contributed by atoms with Crippen molar-refractivity contribution in [2.24, 2.45) is 0 Å². The molecule has 7 nitrogen and oxygen atoms in total. The SMILES string of the molecule is O=C(c1ccc[nH]1)N1CC[C@@]2(C[C@@H](Oc3ncccn3)CO2)C1. The largest absolute Gasteiger partial charge is 0.458 e. The molecule has 4 heterocycles. The van der Waals surface area contributed by atoms with Crippen molar-refractivity contribution in [3.05, 3.63) is 42.5 Å². The molecule has 1 N–H and O–H groups in total. The molecule has 2 saturated heterocycles. The summed E-state index contributed by atoms with van der Waals surface area (Å²) in [7, 11) is 0. The third kappa shape index (κ3) is 2.79. The van der Waals surface area contributed by atoms with Gasteiger partial charge < -0.3 is 19.4 Å². The number of carbonyl (C=O) groups excluding carboxylic acids is 1. The van der Waals surface area contributed by atoms with Crippen LogP contribution in [0.4, 0.5) is 0 Å². The van der Waals surface area contributed by atoms with Gasteiger partial charge in [0.1, 0.15) is 11.8 Å². The van der Waals surface area contributed by atoms with Gasteiger partial charge in [-0.1, -0.05) is 0 Å². The van der Waals surface area contributed by atoms with Crippen molar-refractivity contribution < 1.29 is 14.3 Å². The van der Waals surface area contributed by atoms with E-state index in [0.717, 1.165) is 12.8 Å². The quantitative estimate of drug-likeness (QED) is 0.922. The highest BCUT2D eigenvalue weighted by molar-refractivity contribution is 5.92. The molecule has 120 valence electrons. The Bertz CT molecular complexity index is 676. The minimum absolute atomic E-state index is 0.0197. The van der Waals surface area contributed by atoms with Crippen LogP contribution in [0.25, 0.3) is 0 Å². The molecular weight excluding hydrogens is 296 g/mol. The Balaban J connectivity index is 1.38. The lowest BCUT2D eigenvalue weighted by molar-refractivity contribution is 0.00968. The predicted molar refractivity (Wildman–Crippen MR) is 81.1 cm³/mol. The molecule has 0 bridgehead atoms. The highest BCUT2D eigenvalue weighted by Gasteiger charge is 2.47. The van der Waals surface area contributed by atoms with E-state index in [-0.39, 0.29) is 17.6 Å². The van der Waals surface area contributed by atoms with Crippen molar-refractivity contribution >= 4 is 5.91 Å². The summed E-state index contributed by atoms with van der Waals surface area (Å²) in [6, 6.07) is 5.74. The van der Waals surface area contributed by atoms with Crippen LogP contribution in [-0.4, -0.2) is 57.2 Å². The maximum atomic E-state index is 12.4. The van der Waals surface area contributed by atoms with Crippen molar-refractivity contribution in [3.8, 4) is 6.01 Å². The second-order valence-corrected chi connectivity index (χ2v) is 6.03. The number of nitrogens with zero attached hydrogens (tertiary/aromatic N) is 3. The summed E-state index contributed by atoms with van der Waals surface area (Å²) in [6.45, 7) is 1.80. The van der Waals surface area contributed by atoms with Gasteiger partial charge in [-0.2, -0.15) is 0 Å². The zero-order valence-electron chi connectivity index (χ0n) is 12.6. The maximum absolute atomic E-state index is 12.4. The van der Waals surface area contributed by atoms with Crippen LogP contribution < -0.4 is 4.74 Å². The number of hydrogen-bond acceptors (Lipinski definition) is 5. The standard InChI is InChI=1S/C16H18N4O3/c21-14(13-3-1-5-17-13)20-8-4-16(11-20)9-12(10-22-16)23-15-18-6-2-7-19-15/h1-3,5-7,12,17H,4,8-11H2/t12-,16-/m1/s1. The Kier molecular flexibility index (Phi) is 3.49. The van der Waals surface area contributed by atoms with E-state index >= 15 is 0 Å². The molecule has 0 unspecified atom stereocenters. The molecule has 2 aliphatic rings. The summed E-state index contributed by atoms with van der Waals surface area (Å²) < 4.78 is 11.8. The third-order valence-corrected chi connectivity index (χ3v) is 4.42. The van der Waals surface area contributed by atoms with Crippen LogP contribution in [0.1, 0.15) is 23.3 Å². The molecule has 0 aromatic carbocycles. The third-order valence-electron chi connectivity index (χ3n) is 4.42. The average molecular weight is 314 g/mol. The van der Waals surface area contributed by atoms with E-state index in [4.69, 9.17) is 9.47 Å². The van der Waals surface area contributed by atoms with E-state index < -0.39 is 0 Å². The smallest absolute Gasteiger partial charge is 0.316 e. The lowest BCUT2D eigenvalue weighted by atomic mass is 9.98. The van der Waals surface area contributed by atoms with Crippen LogP contribution in [0.2, 0.25) is 0 Å². The monoisotopic (exact) mass is 314 g/mol. The normalized spacial score (nSPS) is 26.8. The highest BCUT2D eigenvalue weighted by atomic mass is 16.6. The number of hydrogen-bond donors (Lipinski definition) is 1. The van der Waals surface area contributed by atoms with Gasteiger partial charge in [-0.25, -0.2) is 9.97 Å². The number of aromatic amines is 1. The molecule has 7 heteroatoms. The van der Waals surface area contributed by atoms with Crippen LogP contribution in [0.5, 0.6) is 6.01 Å². The van der Waals surface area contributed by atoms with Crippen LogP contribution in [0.3, 0.4) is 0 Å². The second-order valence-electron chi connectivity index (χ2n) is 6.03. The topological polar surface area (TPSA) is 80.3 Å². The Labute approximate surface area is 133 Å². The van der Waals surface area contributed by atoms with Crippen molar-refractivity contribution in [1.29, 1.82) is 0 Å². The van der Waals surface area contributed by atoms with E-state index in [1.54, 1.807) is 30.7 Å². The Morgan fingerprint density at radius 3 is 3.04 bits per heavy atom. The summed E-state index contributed by atoms with van der Waals surface area (Å²) in [6.07, 6.45) is 6.57. The molecule has 2 fully saturated rings. The number of nitrogens with one attached hydrogen (secondary N) is 1. The van der Waals surface area contributed by atoms with Gasteiger partial charge in [-0.15, -0.1) is 0 Å². The van der Waals surface area contributed by atoms with Crippen molar-refractivity contribution in [2.45, 2.75) is 24.5 Å². The van der Waals surface area contributed by atoms with Crippen LogP contribution in [-0.2, 0) is 4.74 Å². The zero-order chi connectivity index (χ0) is 15.7. The van der Waals surface area contributed by atoms with Crippen molar-refractivity contribution in [2.75, 3.05) is 19.7 Å². The van der Waals surface area contributed by atoms with Gasteiger partial charge >= 0.3 is 6.01 Å². The maximum Gasteiger partial charge on any atom is 0.316 e. The summed E-state index contributed by atoms with van der Waals surface area (Å²) >= 11 is 0. The lowest BCUT2D eigenvalue weighted by Gasteiger charge is -2.23. The fourth-order valence-electron chi connectivity index (χ4n) is 3.31. The van der Waals surface area contributed by atoms with Gasteiger partial charge in [0.15, 0.2) is 0 Å². The van der Waals surface area contributed by atoms with E-state index in [2.05, 4.69) is 15.0 Å². The number of likely N-dealkylation sites (tertiary alicyclic amines) is 1. The summed E-state index contributed by atoms with van der Waals surface area (Å²) in [5, 5.41) is 0. The van der Waals surface area contributed by atoms with Crippen molar-refractivity contribution in [3.63, 3.8) is 0 Å². The molecule has 1 amide bonds. The molecule has 2 aliphatic heterocycles. The summed E-state index contributed by atoms with van der Waals surface area (Å²) in [4.78, 5) is 25.4. The van der Waals surface area contributed by atoms with Gasteiger partial charge in [0.2, 0.25) is 0 Å². The van der Waals surface area contributed by atoms with Crippen LogP contribution in [0.15, 0.2) is 36.8 Å². The summed E-state index contributed by atoms with van der Waals surface area (Å²) in [5.41, 5.74) is 0.312. The van der Waals surface area contributed by atoms with E-state index in [9.17, 15) is 4.79 Å². The Morgan fingerprint density at radius 1 is 1.39 bits per heavy atom. The van der Waals surface area contributed by atoms with Crippen LogP contribution >= 0.6 is 0 Å². The highest BCUT2D eigenvalue weighted by Crippen LogP contribution is 2.36. The zero-order valence-corrected chi connectivity index (χ0v) is 12.6. The molecule has 23 heavy (non-hydrogen) atoms. The van der Waals surface area contributed by atoms with E-state index in [1.807, 2.05) is 11.0 Å². The average Bonchev–Trinajstić information content (AvgIpc) is 3.31. The number of rotatable bonds is 3. The van der Waals surface area contributed by atoms with Gasteiger partial charge in [0, 0.05) is 31.6 Å². The number of H-pyrrole nitrogens is 1. The Hall–Kier alpha value is -2.41. The van der Waals surface area contributed by atoms with Crippen LogP contribution in [0, 0.1) is 0 Å². The summed E-state index contributed by atoms with van der Waals surface area (Å²) in [5.74, 6) is 0.0197. The fourth-order valence-corrected chi connectivity index (χ4v) is 3.31. The molecule has 4 rings (SSSR count). The number of aromatic nitrogens is 3. The number of carbonyl (C=O) groups is 1. The van der Waals surface area contributed by atoms with Gasteiger partial charge in [-0.05, 0) is 24.6 Å². The molecule has 2 aromatic heterocycles. The molecule has 0 saturated carbocycles. The fraction of sp³-hybridized carbons (Fsp3) is 0.438. The lowest BCUT2D eigenvalue weighted by Crippen LogP contribution is -2.36. The number of ether oxygens (including phenoxy) is 2. The minimum atomic E-state index is -0.304. The first kappa shape index (κ1) is 14.2. The predicted octanol–water partition coefficient (Wildman–Crippen LogP) is 1.26. The minimum Gasteiger partial charge on any atom is -0.458 e. The molecule has 0 aliphatic carbocycles. The Morgan fingerprint density at radius 2 is 2.26 bits per heavy atom. The van der Waals surface area contributed by atoms with E-state index in [0.29, 0.717) is 31.4 Å². The second kappa shape index (κ2) is 5.66.